The molecule has 1 aromatic heterocycles. The van der Waals surface area contributed by atoms with Gasteiger partial charge in [0.05, 0.1) is 0 Å². The van der Waals surface area contributed by atoms with Gasteiger partial charge < -0.3 is 4.98 Å². The molecule has 1 aromatic rings. The maximum absolute atomic E-state index is 3.00. The molecule has 1 heterocycles. The van der Waals surface area contributed by atoms with Gasteiger partial charge in [0.25, 0.3) is 0 Å². The summed E-state index contributed by atoms with van der Waals surface area (Å²) in [6.45, 7) is 0. The van der Waals surface area contributed by atoms with E-state index >= 15 is 0 Å². The van der Waals surface area contributed by atoms with Gasteiger partial charge in [0.15, 0.2) is 0 Å². The van der Waals surface area contributed by atoms with E-state index in [9.17, 15) is 0 Å². The zero-order chi connectivity index (χ0) is 5.82. The molecular weight excluding hydrogens is 118 g/mol. The number of H-pyrrole nitrogens is 1. The molecule has 44 valence electrons. The van der Waals surface area contributed by atoms with Gasteiger partial charge in [0, 0.05) is 18.1 Å². The van der Waals surface area contributed by atoms with Crippen LogP contribution in [0.2, 0.25) is 0 Å². The van der Waals surface area contributed by atoms with Crippen LogP contribution in [0.1, 0.15) is 5.56 Å². The van der Waals surface area contributed by atoms with Gasteiger partial charge in [0.2, 0.25) is 0 Å². The molecule has 0 bridgehead atoms. The molecule has 2 heteroatoms. The predicted molar refractivity (Wildman–Crippen MR) is 38.0 cm³/mol. The lowest BCUT2D eigenvalue weighted by molar-refractivity contribution is 1.37. The van der Waals surface area contributed by atoms with E-state index in [1.54, 1.807) is 0 Å². The van der Waals surface area contributed by atoms with E-state index in [0.717, 1.165) is 5.75 Å². The highest BCUT2D eigenvalue weighted by Crippen LogP contribution is 2.05. The predicted octanol–water partition coefficient (Wildman–Crippen LogP) is 1.88. The Balaban J connectivity index is 2.50. The molecule has 1 rings (SSSR count). The summed E-state index contributed by atoms with van der Waals surface area (Å²) in [6.07, 6.45) is 6.08. The number of hydrogen-bond acceptors (Lipinski definition) is 1. The fourth-order valence-corrected chi connectivity index (χ4v) is 1.13. The second-order valence-corrected chi connectivity index (χ2v) is 2.52. The summed E-state index contributed by atoms with van der Waals surface area (Å²) >= 11 is 1.84. The van der Waals surface area contributed by atoms with E-state index in [2.05, 4.69) is 17.3 Å². The lowest BCUT2D eigenvalue weighted by Crippen LogP contribution is -1.69. The molecule has 0 spiro atoms. The minimum Gasteiger partial charge on any atom is -0.367 e. The molecule has 0 amide bonds. The first-order chi connectivity index (χ1) is 3.93. The number of aromatic amines is 1. The van der Waals surface area contributed by atoms with Crippen LogP contribution < -0.4 is 0 Å². The van der Waals surface area contributed by atoms with Gasteiger partial charge >= 0.3 is 0 Å². The molecule has 1 nitrogen and oxygen atoms in total. The van der Waals surface area contributed by atoms with Gasteiger partial charge in [-0.1, -0.05) is 0 Å². The second kappa shape index (κ2) is 2.82. The van der Waals surface area contributed by atoms with Crippen LogP contribution in [0.25, 0.3) is 0 Å². The standard InChI is InChI=1S/C6H9NS/c1-8-5-6-2-3-7-4-6/h2-4,7H,5H2,1H3. The van der Waals surface area contributed by atoms with Crippen molar-refractivity contribution in [1.29, 1.82) is 0 Å². The van der Waals surface area contributed by atoms with Crippen LogP contribution in [0.15, 0.2) is 18.5 Å². The summed E-state index contributed by atoms with van der Waals surface area (Å²) in [7, 11) is 0. The van der Waals surface area contributed by atoms with Crippen LogP contribution in [0, 0.1) is 0 Å². The van der Waals surface area contributed by atoms with E-state index in [1.807, 2.05) is 24.2 Å². The second-order valence-electron chi connectivity index (χ2n) is 1.65. The van der Waals surface area contributed by atoms with Gasteiger partial charge in [-0.25, -0.2) is 0 Å². The molecule has 0 fully saturated rings. The molecule has 8 heavy (non-hydrogen) atoms. The zero-order valence-corrected chi connectivity index (χ0v) is 5.66. The first-order valence-electron chi connectivity index (χ1n) is 2.54. The van der Waals surface area contributed by atoms with Gasteiger partial charge in [-0.3, -0.25) is 0 Å². The van der Waals surface area contributed by atoms with Crippen LogP contribution in [0.3, 0.4) is 0 Å². The van der Waals surface area contributed by atoms with Crippen molar-refractivity contribution < 1.29 is 0 Å². The van der Waals surface area contributed by atoms with Crippen LogP contribution in [-0.2, 0) is 5.75 Å². The molecule has 0 aliphatic carbocycles. The van der Waals surface area contributed by atoms with Crippen LogP contribution in [-0.4, -0.2) is 11.2 Å². The zero-order valence-electron chi connectivity index (χ0n) is 4.85. The first kappa shape index (κ1) is 5.76. The lowest BCUT2D eigenvalue weighted by atomic mass is 10.4. The summed E-state index contributed by atoms with van der Waals surface area (Å²) in [6, 6.07) is 2.09. The van der Waals surface area contributed by atoms with Crippen molar-refractivity contribution in [2.75, 3.05) is 6.26 Å². The molecule has 0 atom stereocenters. The van der Waals surface area contributed by atoms with Crippen molar-refractivity contribution in [2.24, 2.45) is 0 Å². The number of hydrogen-bond donors (Lipinski definition) is 1. The molecule has 0 radical (unpaired) electrons. The first-order valence-corrected chi connectivity index (χ1v) is 3.93. The Morgan fingerprint density at radius 3 is 3.12 bits per heavy atom. The Morgan fingerprint density at radius 2 is 2.62 bits per heavy atom. The topological polar surface area (TPSA) is 15.8 Å². The largest absolute Gasteiger partial charge is 0.367 e. The SMILES string of the molecule is CSCc1cc[nH]c1. The van der Waals surface area contributed by atoms with Crippen molar-refractivity contribution in [1.82, 2.24) is 4.98 Å². The highest BCUT2D eigenvalue weighted by Gasteiger charge is 1.86. The van der Waals surface area contributed by atoms with Crippen LogP contribution in [0.5, 0.6) is 0 Å². The Kier molecular flexibility index (Phi) is 2.03. The maximum atomic E-state index is 3.00. The molecule has 0 unspecified atom stereocenters. The van der Waals surface area contributed by atoms with Gasteiger partial charge in [-0.2, -0.15) is 11.8 Å². The quantitative estimate of drug-likeness (QED) is 0.641. The van der Waals surface area contributed by atoms with Gasteiger partial charge in [-0.15, -0.1) is 0 Å². The maximum Gasteiger partial charge on any atom is 0.0196 e. The monoisotopic (exact) mass is 127 g/mol. The number of aromatic nitrogens is 1. The third-order valence-electron chi connectivity index (χ3n) is 0.973. The van der Waals surface area contributed by atoms with Crippen molar-refractivity contribution in [3.05, 3.63) is 24.0 Å². The van der Waals surface area contributed by atoms with E-state index in [-0.39, 0.29) is 0 Å². The summed E-state index contributed by atoms with van der Waals surface area (Å²) in [5.74, 6) is 1.11. The van der Waals surface area contributed by atoms with Crippen molar-refractivity contribution in [3.63, 3.8) is 0 Å². The average Bonchev–Trinajstić information content (AvgIpc) is 2.19. The normalized spacial score (nSPS) is 9.62. The summed E-state index contributed by atoms with van der Waals surface area (Å²) in [5.41, 5.74) is 1.37. The van der Waals surface area contributed by atoms with Crippen molar-refractivity contribution in [2.45, 2.75) is 5.75 Å². The number of nitrogens with one attached hydrogen (secondary N) is 1. The molecule has 0 aliphatic heterocycles. The van der Waals surface area contributed by atoms with E-state index in [4.69, 9.17) is 0 Å². The van der Waals surface area contributed by atoms with Gasteiger partial charge in [0.1, 0.15) is 0 Å². The Bertz CT molecular complexity index is 134. The Morgan fingerprint density at radius 1 is 1.75 bits per heavy atom. The van der Waals surface area contributed by atoms with E-state index in [1.165, 1.54) is 5.56 Å². The molecule has 0 aliphatic rings. The van der Waals surface area contributed by atoms with Crippen molar-refractivity contribution >= 4 is 11.8 Å². The molecule has 0 aromatic carbocycles. The van der Waals surface area contributed by atoms with E-state index in [0.29, 0.717) is 0 Å². The summed E-state index contributed by atoms with van der Waals surface area (Å²) in [5, 5.41) is 0. The highest BCUT2D eigenvalue weighted by molar-refractivity contribution is 7.97. The van der Waals surface area contributed by atoms with Gasteiger partial charge in [-0.05, 0) is 17.9 Å². The van der Waals surface area contributed by atoms with Crippen molar-refractivity contribution in [3.8, 4) is 0 Å². The third-order valence-corrected chi connectivity index (χ3v) is 1.60. The Hall–Kier alpha value is -0.370. The minimum atomic E-state index is 1.11. The smallest absolute Gasteiger partial charge is 0.0196 e. The third kappa shape index (κ3) is 1.30. The van der Waals surface area contributed by atoms with E-state index < -0.39 is 0 Å². The minimum absolute atomic E-state index is 1.11. The van der Waals surface area contributed by atoms with Crippen LogP contribution in [0.4, 0.5) is 0 Å². The molecule has 0 saturated carbocycles. The Labute approximate surface area is 53.5 Å². The summed E-state index contributed by atoms with van der Waals surface area (Å²) < 4.78 is 0. The molecule has 1 N–H and O–H groups in total. The van der Waals surface area contributed by atoms with Crippen LogP contribution >= 0.6 is 11.8 Å². The number of thioether (sulfide) groups is 1. The molecule has 0 saturated heterocycles. The molecular formula is C6H9NS. The highest BCUT2D eigenvalue weighted by atomic mass is 32.2. The summed E-state index contributed by atoms with van der Waals surface area (Å²) in [4.78, 5) is 3.00. The number of rotatable bonds is 2. The average molecular weight is 127 g/mol. The lowest BCUT2D eigenvalue weighted by Gasteiger charge is -1.86. The fraction of sp³-hybridized carbons (Fsp3) is 0.333. The fourth-order valence-electron chi connectivity index (χ4n) is 0.615.